The van der Waals surface area contributed by atoms with Crippen molar-refractivity contribution in [1.29, 1.82) is 0 Å². The van der Waals surface area contributed by atoms with Gasteiger partial charge >= 0.3 is 0 Å². The lowest BCUT2D eigenvalue weighted by Gasteiger charge is -2.07. The van der Waals surface area contributed by atoms with Gasteiger partial charge in [-0.25, -0.2) is 4.98 Å². The summed E-state index contributed by atoms with van der Waals surface area (Å²) >= 11 is 0. The number of nitrogens with zero attached hydrogens (tertiary/aromatic N) is 6. The van der Waals surface area contributed by atoms with Crippen LogP contribution >= 0.6 is 0 Å². The number of anilines is 1. The van der Waals surface area contributed by atoms with E-state index in [0.29, 0.717) is 11.9 Å². The molecule has 0 radical (unpaired) electrons. The molecule has 0 saturated heterocycles. The van der Waals surface area contributed by atoms with Crippen molar-refractivity contribution in [2.75, 3.05) is 5.73 Å². The van der Waals surface area contributed by atoms with E-state index in [2.05, 4.69) is 49.8 Å². The van der Waals surface area contributed by atoms with Gasteiger partial charge in [0.1, 0.15) is 11.8 Å². The van der Waals surface area contributed by atoms with Gasteiger partial charge in [-0.2, -0.15) is 14.8 Å². The number of fused-ring (bicyclic) bond motifs is 1. The molecular formula is C18H17N7. The first-order valence-corrected chi connectivity index (χ1v) is 8.01. The second-order valence-corrected chi connectivity index (χ2v) is 5.53. The van der Waals surface area contributed by atoms with E-state index in [9.17, 15) is 0 Å². The third kappa shape index (κ3) is 2.65. The Kier molecular flexibility index (Phi) is 3.74. The molecule has 0 spiro atoms. The lowest BCUT2D eigenvalue weighted by atomic mass is 10.1. The normalized spacial score (nSPS) is 11.6. The summed E-state index contributed by atoms with van der Waals surface area (Å²) in [5.41, 5.74) is 9.80. The van der Waals surface area contributed by atoms with E-state index in [1.54, 1.807) is 6.20 Å². The molecule has 7 nitrogen and oxygen atoms in total. The van der Waals surface area contributed by atoms with Crippen molar-refractivity contribution in [2.45, 2.75) is 13.5 Å². The molecule has 0 amide bonds. The lowest BCUT2D eigenvalue weighted by Crippen LogP contribution is -2.10. The highest BCUT2D eigenvalue weighted by Crippen LogP contribution is 2.24. The Morgan fingerprint density at radius 1 is 1.12 bits per heavy atom. The summed E-state index contributed by atoms with van der Waals surface area (Å²) in [6.07, 6.45) is 9.12. The molecule has 3 heterocycles. The molecule has 4 rings (SSSR count). The highest BCUT2D eigenvalue weighted by atomic mass is 15.4. The number of aromatic nitrogens is 6. The topological polar surface area (TPSA) is 87.4 Å². The molecule has 0 atom stereocenters. The minimum absolute atomic E-state index is 0.305. The van der Waals surface area contributed by atoms with Crippen LogP contribution < -0.4 is 5.73 Å². The van der Waals surface area contributed by atoms with Gasteiger partial charge in [0.05, 0.1) is 11.7 Å². The van der Waals surface area contributed by atoms with Gasteiger partial charge in [-0.1, -0.05) is 42.5 Å². The number of hydrogen-bond donors (Lipinski definition) is 1. The minimum Gasteiger partial charge on any atom is -0.368 e. The SMILES string of the molecule is CCn1c(-n2ncnc2N)nc2cncc(C=Cc3ccccc3)c21. The quantitative estimate of drug-likeness (QED) is 0.621. The van der Waals surface area contributed by atoms with Crippen LogP contribution in [-0.2, 0) is 6.54 Å². The van der Waals surface area contributed by atoms with E-state index in [0.717, 1.165) is 28.7 Å². The Balaban J connectivity index is 1.88. The average molecular weight is 331 g/mol. The molecule has 124 valence electrons. The summed E-state index contributed by atoms with van der Waals surface area (Å²) in [5, 5.41) is 4.17. The van der Waals surface area contributed by atoms with Gasteiger partial charge in [-0.05, 0) is 12.5 Å². The summed E-state index contributed by atoms with van der Waals surface area (Å²) in [6, 6.07) is 10.1. The van der Waals surface area contributed by atoms with Crippen LogP contribution in [0.4, 0.5) is 5.95 Å². The molecule has 7 heteroatoms. The minimum atomic E-state index is 0.305. The van der Waals surface area contributed by atoms with Crippen LogP contribution in [0.15, 0.2) is 49.1 Å². The van der Waals surface area contributed by atoms with Crippen molar-refractivity contribution in [1.82, 2.24) is 29.3 Å². The number of rotatable bonds is 4. The van der Waals surface area contributed by atoms with Gasteiger partial charge in [0.15, 0.2) is 0 Å². The molecule has 0 aliphatic carbocycles. The molecule has 0 unspecified atom stereocenters. The Morgan fingerprint density at radius 3 is 2.68 bits per heavy atom. The molecule has 25 heavy (non-hydrogen) atoms. The summed E-state index contributed by atoms with van der Waals surface area (Å²) < 4.78 is 3.60. The fraction of sp³-hybridized carbons (Fsp3) is 0.111. The van der Waals surface area contributed by atoms with E-state index < -0.39 is 0 Å². The predicted molar refractivity (Wildman–Crippen MR) is 97.9 cm³/mol. The summed E-state index contributed by atoms with van der Waals surface area (Å²) in [4.78, 5) is 12.9. The zero-order valence-electron chi connectivity index (χ0n) is 13.7. The van der Waals surface area contributed by atoms with Crippen LogP contribution in [0, 0.1) is 0 Å². The van der Waals surface area contributed by atoms with Crippen molar-refractivity contribution in [3.05, 3.63) is 60.2 Å². The van der Waals surface area contributed by atoms with Crippen molar-refractivity contribution in [3.8, 4) is 5.95 Å². The Hall–Kier alpha value is -3.48. The van der Waals surface area contributed by atoms with Gasteiger partial charge < -0.3 is 10.3 Å². The van der Waals surface area contributed by atoms with Crippen molar-refractivity contribution in [3.63, 3.8) is 0 Å². The zero-order valence-corrected chi connectivity index (χ0v) is 13.7. The molecule has 0 bridgehead atoms. The standard InChI is InChI=1S/C18H17N7/c1-2-24-16-14(9-8-13-6-4-3-5-7-13)10-20-11-15(16)23-18(24)25-17(19)21-12-22-25/h3-12H,2H2,1H3,(H2,19,21,22). The van der Waals surface area contributed by atoms with Gasteiger partial charge in [0, 0.05) is 18.3 Å². The molecule has 4 aromatic rings. The zero-order chi connectivity index (χ0) is 17.2. The van der Waals surface area contributed by atoms with E-state index in [1.165, 1.54) is 11.0 Å². The molecule has 0 aliphatic heterocycles. The molecule has 2 N–H and O–H groups in total. The van der Waals surface area contributed by atoms with Crippen LogP contribution in [0.1, 0.15) is 18.1 Å². The van der Waals surface area contributed by atoms with Crippen LogP contribution in [0.5, 0.6) is 0 Å². The summed E-state index contributed by atoms with van der Waals surface area (Å²) in [6.45, 7) is 2.78. The highest BCUT2D eigenvalue weighted by molar-refractivity contribution is 5.88. The monoisotopic (exact) mass is 331 g/mol. The first-order valence-electron chi connectivity index (χ1n) is 8.01. The third-order valence-electron chi connectivity index (χ3n) is 3.99. The lowest BCUT2D eigenvalue weighted by molar-refractivity contribution is 0.705. The third-order valence-corrected chi connectivity index (χ3v) is 3.99. The summed E-state index contributed by atoms with van der Waals surface area (Å²) in [7, 11) is 0. The number of hydrogen-bond acceptors (Lipinski definition) is 5. The highest BCUT2D eigenvalue weighted by Gasteiger charge is 2.16. The summed E-state index contributed by atoms with van der Waals surface area (Å²) in [5.74, 6) is 0.939. The molecule has 0 saturated carbocycles. The van der Waals surface area contributed by atoms with Crippen LogP contribution in [0.25, 0.3) is 29.1 Å². The second-order valence-electron chi connectivity index (χ2n) is 5.53. The van der Waals surface area contributed by atoms with E-state index >= 15 is 0 Å². The maximum atomic E-state index is 5.90. The Bertz CT molecular complexity index is 1040. The number of imidazole rings is 1. The maximum absolute atomic E-state index is 5.90. The second kappa shape index (κ2) is 6.20. The Labute approximate surface area is 144 Å². The predicted octanol–water partition coefficient (Wildman–Crippen LogP) is 2.78. The smallest absolute Gasteiger partial charge is 0.235 e. The fourth-order valence-electron chi connectivity index (χ4n) is 2.84. The number of nitrogen functional groups attached to an aromatic ring is 1. The number of nitrogens with two attached hydrogens (primary N) is 1. The molecule has 0 fully saturated rings. The van der Waals surface area contributed by atoms with Gasteiger partial charge in [-0.3, -0.25) is 4.98 Å². The van der Waals surface area contributed by atoms with Crippen LogP contribution in [0.2, 0.25) is 0 Å². The first-order chi connectivity index (χ1) is 12.3. The average Bonchev–Trinajstić information content (AvgIpc) is 3.23. The van der Waals surface area contributed by atoms with Gasteiger partial charge in [0.25, 0.3) is 0 Å². The van der Waals surface area contributed by atoms with E-state index in [-0.39, 0.29) is 0 Å². The molecular weight excluding hydrogens is 314 g/mol. The van der Waals surface area contributed by atoms with E-state index in [4.69, 9.17) is 5.73 Å². The maximum Gasteiger partial charge on any atom is 0.235 e. The fourth-order valence-corrected chi connectivity index (χ4v) is 2.84. The van der Waals surface area contributed by atoms with Crippen LogP contribution in [0.3, 0.4) is 0 Å². The van der Waals surface area contributed by atoms with Crippen molar-refractivity contribution in [2.24, 2.45) is 0 Å². The van der Waals surface area contributed by atoms with Gasteiger partial charge in [-0.15, -0.1) is 0 Å². The number of aryl methyl sites for hydroxylation is 1. The first kappa shape index (κ1) is 15.1. The Morgan fingerprint density at radius 2 is 1.96 bits per heavy atom. The van der Waals surface area contributed by atoms with Crippen molar-refractivity contribution < 1.29 is 0 Å². The largest absolute Gasteiger partial charge is 0.368 e. The number of benzene rings is 1. The molecule has 0 aliphatic rings. The van der Waals surface area contributed by atoms with Crippen molar-refractivity contribution >= 4 is 29.1 Å². The van der Waals surface area contributed by atoms with Crippen LogP contribution in [-0.4, -0.2) is 29.3 Å². The van der Waals surface area contributed by atoms with Gasteiger partial charge in [0.2, 0.25) is 11.9 Å². The molecule has 3 aromatic heterocycles. The number of pyridine rings is 1. The molecule has 1 aromatic carbocycles. The van der Waals surface area contributed by atoms with E-state index in [1.807, 2.05) is 30.5 Å².